The first-order valence-electron chi connectivity index (χ1n) is 7.27. The third kappa shape index (κ3) is 3.67. The van der Waals surface area contributed by atoms with Crippen LogP contribution < -0.4 is 5.32 Å². The largest absolute Gasteiger partial charge is 0.387 e. The summed E-state index contributed by atoms with van der Waals surface area (Å²) >= 11 is 6.03. The average molecular weight is 322 g/mol. The normalized spacial score (nSPS) is 12.2. The number of benzene rings is 1. The van der Waals surface area contributed by atoms with Crippen LogP contribution in [0.5, 0.6) is 0 Å². The van der Waals surface area contributed by atoms with E-state index >= 15 is 0 Å². The number of hydrogen-bond donors (Lipinski definition) is 2. The Hall–Kier alpha value is -1.85. The van der Waals surface area contributed by atoms with Crippen molar-refractivity contribution < 1.29 is 9.90 Å². The van der Waals surface area contributed by atoms with Crippen molar-refractivity contribution in [1.29, 1.82) is 0 Å². The molecule has 1 atom stereocenters. The maximum atomic E-state index is 12.2. The molecule has 0 radical (unpaired) electrons. The zero-order valence-electron chi connectivity index (χ0n) is 12.7. The van der Waals surface area contributed by atoms with Crippen LogP contribution in [-0.4, -0.2) is 27.3 Å². The van der Waals surface area contributed by atoms with Gasteiger partial charge in [0.1, 0.15) is 0 Å². The zero-order chi connectivity index (χ0) is 16.1. The number of aliphatic hydroxyl groups excluding tert-OH is 1. The standard InChI is InChI=1S/C16H20ClN3O2/c1-3-8-20-11(2)13(9-19-20)16(22)18-10-15(21)12-6-4-5-7-14(12)17/h4-7,9,15,21H,3,8,10H2,1-2H3,(H,18,22). The van der Waals surface area contributed by atoms with Crippen LogP contribution in [0, 0.1) is 6.92 Å². The third-order valence-electron chi connectivity index (χ3n) is 3.50. The highest BCUT2D eigenvalue weighted by atomic mass is 35.5. The van der Waals surface area contributed by atoms with Crippen molar-refractivity contribution in [1.82, 2.24) is 15.1 Å². The fourth-order valence-corrected chi connectivity index (χ4v) is 2.51. The molecule has 1 aromatic heterocycles. The van der Waals surface area contributed by atoms with Gasteiger partial charge in [0.15, 0.2) is 0 Å². The van der Waals surface area contributed by atoms with Crippen molar-refractivity contribution >= 4 is 17.5 Å². The smallest absolute Gasteiger partial charge is 0.254 e. The minimum atomic E-state index is -0.844. The highest BCUT2D eigenvalue weighted by Crippen LogP contribution is 2.22. The van der Waals surface area contributed by atoms with Gasteiger partial charge in [-0.3, -0.25) is 9.48 Å². The van der Waals surface area contributed by atoms with Crippen LogP contribution in [0.25, 0.3) is 0 Å². The van der Waals surface area contributed by atoms with Gasteiger partial charge in [-0.05, 0) is 19.4 Å². The van der Waals surface area contributed by atoms with Gasteiger partial charge in [-0.25, -0.2) is 0 Å². The lowest BCUT2D eigenvalue weighted by atomic mass is 10.1. The molecular weight excluding hydrogens is 302 g/mol. The lowest BCUT2D eigenvalue weighted by Crippen LogP contribution is -2.28. The van der Waals surface area contributed by atoms with Gasteiger partial charge < -0.3 is 10.4 Å². The monoisotopic (exact) mass is 321 g/mol. The van der Waals surface area contributed by atoms with E-state index in [0.717, 1.165) is 18.7 Å². The van der Waals surface area contributed by atoms with Gasteiger partial charge in [0.25, 0.3) is 5.91 Å². The number of nitrogens with zero attached hydrogens (tertiary/aromatic N) is 2. The van der Waals surface area contributed by atoms with E-state index in [1.165, 1.54) is 0 Å². The number of aromatic nitrogens is 2. The summed E-state index contributed by atoms with van der Waals surface area (Å²) in [6.07, 6.45) is 1.67. The number of aryl methyl sites for hydroxylation is 1. The highest BCUT2D eigenvalue weighted by molar-refractivity contribution is 6.31. The minimum Gasteiger partial charge on any atom is -0.387 e. The number of halogens is 1. The second-order valence-electron chi connectivity index (χ2n) is 5.11. The van der Waals surface area contributed by atoms with Crippen LogP contribution in [0.3, 0.4) is 0 Å². The SMILES string of the molecule is CCCn1ncc(C(=O)NCC(O)c2ccccc2Cl)c1C. The molecule has 1 unspecified atom stereocenters. The molecule has 0 saturated carbocycles. The second-order valence-corrected chi connectivity index (χ2v) is 5.52. The Morgan fingerprint density at radius 2 is 2.18 bits per heavy atom. The Morgan fingerprint density at radius 1 is 1.45 bits per heavy atom. The molecule has 6 heteroatoms. The Balaban J connectivity index is 2.00. The molecule has 1 aromatic carbocycles. The van der Waals surface area contributed by atoms with E-state index in [-0.39, 0.29) is 12.5 Å². The van der Waals surface area contributed by atoms with E-state index in [1.54, 1.807) is 35.1 Å². The van der Waals surface area contributed by atoms with Crippen molar-refractivity contribution in [2.75, 3.05) is 6.54 Å². The van der Waals surface area contributed by atoms with Crippen LogP contribution >= 0.6 is 11.6 Å². The number of aliphatic hydroxyl groups is 1. The number of rotatable bonds is 6. The molecule has 0 aliphatic carbocycles. The summed E-state index contributed by atoms with van der Waals surface area (Å²) in [5.41, 5.74) is 1.95. The molecule has 2 N–H and O–H groups in total. The molecule has 0 fully saturated rings. The zero-order valence-corrected chi connectivity index (χ0v) is 13.5. The molecule has 1 amide bonds. The Morgan fingerprint density at radius 3 is 2.86 bits per heavy atom. The molecule has 0 saturated heterocycles. The molecule has 2 aromatic rings. The quantitative estimate of drug-likeness (QED) is 0.859. The minimum absolute atomic E-state index is 0.0982. The van der Waals surface area contributed by atoms with Crippen LogP contribution in [0.4, 0.5) is 0 Å². The van der Waals surface area contributed by atoms with E-state index in [4.69, 9.17) is 11.6 Å². The first kappa shape index (κ1) is 16.5. The van der Waals surface area contributed by atoms with Gasteiger partial charge in [0, 0.05) is 29.4 Å². The van der Waals surface area contributed by atoms with Crippen molar-refractivity contribution in [3.8, 4) is 0 Å². The topological polar surface area (TPSA) is 67.2 Å². The number of amides is 1. The van der Waals surface area contributed by atoms with Crippen molar-refractivity contribution in [3.63, 3.8) is 0 Å². The van der Waals surface area contributed by atoms with Gasteiger partial charge in [-0.15, -0.1) is 0 Å². The fourth-order valence-electron chi connectivity index (χ4n) is 2.25. The Labute approximate surface area is 134 Å². The summed E-state index contributed by atoms with van der Waals surface area (Å²) in [7, 11) is 0. The first-order chi connectivity index (χ1) is 10.5. The first-order valence-corrected chi connectivity index (χ1v) is 7.65. The van der Waals surface area contributed by atoms with Gasteiger partial charge >= 0.3 is 0 Å². The maximum absolute atomic E-state index is 12.2. The van der Waals surface area contributed by atoms with Crippen molar-refractivity contribution in [2.45, 2.75) is 32.9 Å². The van der Waals surface area contributed by atoms with Crippen LogP contribution in [0.1, 0.15) is 41.1 Å². The van der Waals surface area contributed by atoms with Crippen molar-refractivity contribution in [2.24, 2.45) is 0 Å². The summed E-state index contributed by atoms with van der Waals surface area (Å²) in [5, 5.41) is 17.5. The molecule has 1 heterocycles. The molecule has 0 aliphatic heterocycles. The van der Waals surface area contributed by atoms with Crippen LogP contribution in [0.15, 0.2) is 30.5 Å². The lowest BCUT2D eigenvalue weighted by molar-refractivity contribution is 0.0915. The Kier molecular flexibility index (Phi) is 5.57. The summed E-state index contributed by atoms with van der Waals surface area (Å²) in [4.78, 5) is 12.2. The van der Waals surface area contributed by atoms with Crippen LogP contribution in [0.2, 0.25) is 5.02 Å². The summed E-state index contributed by atoms with van der Waals surface area (Å²) in [5.74, 6) is -0.244. The molecule has 22 heavy (non-hydrogen) atoms. The molecule has 118 valence electrons. The van der Waals surface area contributed by atoms with Crippen LogP contribution in [-0.2, 0) is 6.54 Å². The molecule has 0 bridgehead atoms. The number of carbonyl (C=O) groups excluding carboxylic acids is 1. The van der Waals surface area contributed by atoms with Gasteiger partial charge in [-0.1, -0.05) is 36.7 Å². The van der Waals surface area contributed by atoms with Gasteiger partial charge in [-0.2, -0.15) is 5.10 Å². The summed E-state index contributed by atoms with van der Waals surface area (Å²) in [6, 6.07) is 7.04. The molecule has 0 aliphatic rings. The second kappa shape index (κ2) is 7.42. The van der Waals surface area contributed by atoms with E-state index < -0.39 is 6.10 Å². The van der Waals surface area contributed by atoms with Crippen molar-refractivity contribution in [3.05, 3.63) is 52.3 Å². The Bertz CT molecular complexity index is 655. The molecule has 2 rings (SSSR count). The predicted molar refractivity (Wildman–Crippen MR) is 86.0 cm³/mol. The average Bonchev–Trinajstić information content (AvgIpc) is 2.87. The summed E-state index contributed by atoms with van der Waals surface area (Å²) < 4.78 is 1.80. The van der Waals surface area contributed by atoms with E-state index in [1.807, 2.05) is 6.92 Å². The number of nitrogens with one attached hydrogen (secondary N) is 1. The van der Waals surface area contributed by atoms with Gasteiger partial charge in [0.05, 0.1) is 17.9 Å². The predicted octanol–water partition coefficient (Wildman–Crippen LogP) is 2.72. The molecule has 0 spiro atoms. The number of hydrogen-bond acceptors (Lipinski definition) is 3. The number of carbonyl (C=O) groups is 1. The highest BCUT2D eigenvalue weighted by Gasteiger charge is 2.16. The lowest BCUT2D eigenvalue weighted by Gasteiger charge is -2.13. The third-order valence-corrected chi connectivity index (χ3v) is 3.85. The molecular formula is C16H20ClN3O2. The summed E-state index contributed by atoms with van der Waals surface area (Å²) in [6.45, 7) is 4.80. The van der Waals surface area contributed by atoms with E-state index in [0.29, 0.717) is 16.1 Å². The van der Waals surface area contributed by atoms with E-state index in [9.17, 15) is 9.90 Å². The van der Waals surface area contributed by atoms with Gasteiger partial charge in [0.2, 0.25) is 0 Å². The molecule has 5 nitrogen and oxygen atoms in total. The maximum Gasteiger partial charge on any atom is 0.254 e. The fraction of sp³-hybridized carbons (Fsp3) is 0.375. The van der Waals surface area contributed by atoms with E-state index in [2.05, 4.69) is 17.3 Å².